The Hall–Kier alpha value is -2.08. The van der Waals surface area contributed by atoms with E-state index in [0.29, 0.717) is 28.2 Å². The van der Waals surface area contributed by atoms with E-state index in [1.807, 2.05) is 16.7 Å². The van der Waals surface area contributed by atoms with Crippen molar-refractivity contribution in [1.29, 1.82) is 0 Å². The molecular weight excluding hydrogens is 302 g/mol. The van der Waals surface area contributed by atoms with Crippen LogP contribution in [0.3, 0.4) is 0 Å². The molecule has 0 saturated carbocycles. The quantitative estimate of drug-likeness (QED) is 0.635. The van der Waals surface area contributed by atoms with Crippen LogP contribution in [0.5, 0.6) is 11.5 Å². The molecule has 6 heteroatoms. The number of aryl methyl sites for hydroxylation is 1. The molecule has 1 aliphatic rings. The molecule has 0 atom stereocenters. The largest absolute Gasteiger partial charge is 0.462 e. The minimum absolute atomic E-state index is 0.205. The van der Waals surface area contributed by atoms with E-state index >= 15 is 0 Å². The molecule has 1 aromatic heterocycles. The minimum atomic E-state index is -0.392. The van der Waals surface area contributed by atoms with Crippen molar-refractivity contribution in [1.82, 2.24) is 4.57 Å². The number of benzene rings is 1. The van der Waals surface area contributed by atoms with Crippen molar-refractivity contribution in [2.45, 2.75) is 26.8 Å². The first-order valence-electron chi connectivity index (χ1n) is 7.29. The van der Waals surface area contributed by atoms with Crippen molar-refractivity contribution in [3.63, 3.8) is 0 Å². The Morgan fingerprint density at radius 2 is 2.05 bits per heavy atom. The fourth-order valence-corrected chi connectivity index (χ4v) is 2.86. The number of aromatic nitrogens is 1. The van der Waals surface area contributed by atoms with Gasteiger partial charge in [0.1, 0.15) is 0 Å². The van der Waals surface area contributed by atoms with Crippen LogP contribution in [0.1, 0.15) is 30.6 Å². The molecule has 0 spiro atoms. The Morgan fingerprint density at radius 1 is 1.32 bits per heavy atom. The summed E-state index contributed by atoms with van der Waals surface area (Å²) in [7, 11) is 0. The number of ether oxygens (including phenoxy) is 3. The second-order valence-corrected chi connectivity index (χ2v) is 5.42. The molecule has 0 bridgehead atoms. The normalized spacial score (nSPS) is 12.6. The van der Waals surface area contributed by atoms with Gasteiger partial charge in [0.05, 0.1) is 22.2 Å². The molecule has 0 radical (unpaired) electrons. The number of fused-ring (bicyclic) bond motifs is 2. The average molecular weight is 319 g/mol. The Labute approximate surface area is 133 Å². The van der Waals surface area contributed by atoms with Crippen molar-refractivity contribution >= 4 is 29.1 Å². The van der Waals surface area contributed by atoms with Crippen LogP contribution in [-0.4, -0.2) is 23.9 Å². The summed E-state index contributed by atoms with van der Waals surface area (Å²) in [5.41, 5.74) is 1.35. The van der Waals surface area contributed by atoms with Crippen LogP contribution >= 0.6 is 12.2 Å². The number of hydrogen-bond acceptors (Lipinski definition) is 5. The highest BCUT2D eigenvalue weighted by Crippen LogP contribution is 2.37. The smallest absolute Gasteiger partial charge is 0.341 e. The summed E-state index contributed by atoms with van der Waals surface area (Å²) < 4.78 is 18.5. The average Bonchev–Trinajstić information content (AvgIpc) is 2.96. The zero-order chi connectivity index (χ0) is 15.7. The van der Waals surface area contributed by atoms with Gasteiger partial charge in [-0.25, -0.2) is 4.79 Å². The van der Waals surface area contributed by atoms with Gasteiger partial charge in [0.2, 0.25) is 6.79 Å². The van der Waals surface area contributed by atoms with Crippen molar-refractivity contribution in [2.24, 2.45) is 0 Å². The zero-order valence-corrected chi connectivity index (χ0v) is 13.4. The van der Waals surface area contributed by atoms with E-state index in [0.717, 1.165) is 23.9 Å². The van der Waals surface area contributed by atoms with Gasteiger partial charge in [0.15, 0.2) is 11.5 Å². The lowest BCUT2D eigenvalue weighted by molar-refractivity contribution is 0.0525. The van der Waals surface area contributed by atoms with Gasteiger partial charge in [0, 0.05) is 24.2 Å². The van der Waals surface area contributed by atoms with Crippen LogP contribution in [0.25, 0.3) is 10.9 Å². The molecule has 22 heavy (non-hydrogen) atoms. The molecule has 2 heterocycles. The number of esters is 1. The summed E-state index contributed by atoms with van der Waals surface area (Å²) in [5, 5.41) is 0.804. The number of pyridine rings is 1. The van der Waals surface area contributed by atoms with E-state index in [1.165, 1.54) is 0 Å². The highest BCUT2D eigenvalue weighted by Gasteiger charge is 2.19. The number of rotatable bonds is 4. The van der Waals surface area contributed by atoms with E-state index in [9.17, 15) is 4.79 Å². The summed E-state index contributed by atoms with van der Waals surface area (Å²) in [6.45, 7) is 5.16. The molecule has 0 fully saturated rings. The van der Waals surface area contributed by atoms with Gasteiger partial charge < -0.3 is 18.8 Å². The fourth-order valence-electron chi connectivity index (χ4n) is 2.56. The maximum atomic E-state index is 12.1. The lowest BCUT2D eigenvalue weighted by atomic mass is 10.1. The van der Waals surface area contributed by atoms with E-state index < -0.39 is 5.97 Å². The maximum Gasteiger partial charge on any atom is 0.341 e. The van der Waals surface area contributed by atoms with Crippen molar-refractivity contribution < 1.29 is 19.0 Å². The van der Waals surface area contributed by atoms with E-state index in [1.54, 1.807) is 13.1 Å². The number of carbonyl (C=O) groups excluding carboxylic acids is 1. The SMILES string of the molecule is CCCn1cc(C(=O)OCC)c(=S)c2cc3c(cc21)OCO3. The summed E-state index contributed by atoms with van der Waals surface area (Å²) in [6, 6.07) is 3.76. The van der Waals surface area contributed by atoms with Crippen LogP contribution in [0, 0.1) is 4.51 Å². The van der Waals surface area contributed by atoms with Gasteiger partial charge in [-0.2, -0.15) is 0 Å². The van der Waals surface area contributed by atoms with Crippen LogP contribution < -0.4 is 9.47 Å². The first kappa shape index (κ1) is 14.8. The summed E-state index contributed by atoms with van der Waals surface area (Å²) in [5.74, 6) is 0.968. The lowest BCUT2D eigenvalue weighted by Crippen LogP contribution is -2.10. The molecule has 0 aliphatic carbocycles. The van der Waals surface area contributed by atoms with Crippen molar-refractivity contribution in [2.75, 3.05) is 13.4 Å². The zero-order valence-electron chi connectivity index (χ0n) is 12.5. The highest BCUT2D eigenvalue weighted by atomic mass is 32.1. The lowest BCUT2D eigenvalue weighted by Gasteiger charge is -2.14. The highest BCUT2D eigenvalue weighted by molar-refractivity contribution is 7.71. The molecule has 1 aliphatic heterocycles. The standard InChI is InChI=1S/C16H17NO4S/c1-3-5-17-8-11(16(18)19-4-2)15(22)10-6-13-14(7-12(10)17)21-9-20-13/h6-8H,3-5,9H2,1-2H3. The molecule has 1 aromatic carbocycles. The van der Waals surface area contributed by atoms with Gasteiger partial charge in [-0.3, -0.25) is 0 Å². The van der Waals surface area contributed by atoms with Crippen LogP contribution in [0.15, 0.2) is 18.3 Å². The Bertz CT molecular complexity index is 797. The summed E-state index contributed by atoms with van der Waals surface area (Å²) in [4.78, 5) is 12.1. The minimum Gasteiger partial charge on any atom is -0.462 e. The third-order valence-electron chi connectivity index (χ3n) is 3.53. The van der Waals surface area contributed by atoms with Crippen LogP contribution in [-0.2, 0) is 11.3 Å². The Morgan fingerprint density at radius 3 is 2.73 bits per heavy atom. The van der Waals surface area contributed by atoms with Gasteiger partial charge in [-0.1, -0.05) is 19.1 Å². The summed E-state index contributed by atoms with van der Waals surface area (Å²) in [6.07, 6.45) is 2.71. The van der Waals surface area contributed by atoms with Gasteiger partial charge in [-0.15, -0.1) is 0 Å². The molecule has 0 saturated heterocycles. The first-order valence-corrected chi connectivity index (χ1v) is 7.70. The number of carbonyl (C=O) groups is 1. The number of hydrogen-bond donors (Lipinski definition) is 0. The van der Waals surface area contributed by atoms with Gasteiger partial charge in [-0.05, 0) is 19.4 Å². The van der Waals surface area contributed by atoms with Crippen LogP contribution in [0.4, 0.5) is 0 Å². The molecular formula is C16H17NO4S. The number of nitrogens with zero attached hydrogens (tertiary/aromatic N) is 1. The third-order valence-corrected chi connectivity index (χ3v) is 3.97. The third kappa shape index (κ3) is 2.43. The molecule has 3 rings (SSSR count). The predicted octanol–water partition coefficient (Wildman–Crippen LogP) is 3.69. The second-order valence-electron chi connectivity index (χ2n) is 5.01. The fraction of sp³-hybridized carbons (Fsp3) is 0.375. The second kappa shape index (κ2) is 5.96. The van der Waals surface area contributed by atoms with Crippen molar-refractivity contribution in [3.05, 3.63) is 28.4 Å². The van der Waals surface area contributed by atoms with Gasteiger partial charge in [0.25, 0.3) is 0 Å². The van der Waals surface area contributed by atoms with E-state index in [-0.39, 0.29) is 6.79 Å². The predicted molar refractivity (Wildman–Crippen MR) is 85.1 cm³/mol. The molecule has 0 amide bonds. The molecule has 2 aromatic rings. The Kier molecular flexibility index (Phi) is 4.02. The molecule has 116 valence electrons. The maximum absolute atomic E-state index is 12.1. The first-order chi connectivity index (χ1) is 10.7. The van der Waals surface area contributed by atoms with E-state index in [4.69, 9.17) is 26.4 Å². The summed E-state index contributed by atoms with van der Waals surface area (Å²) >= 11 is 5.49. The topological polar surface area (TPSA) is 49.7 Å². The molecule has 0 unspecified atom stereocenters. The monoisotopic (exact) mass is 319 g/mol. The van der Waals surface area contributed by atoms with Gasteiger partial charge >= 0.3 is 5.97 Å². The Balaban J connectivity index is 2.27. The van der Waals surface area contributed by atoms with Crippen LogP contribution in [0.2, 0.25) is 0 Å². The molecule has 5 nitrogen and oxygen atoms in total. The molecule has 0 N–H and O–H groups in total. The van der Waals surface area contributed by atoms with Crippen molar-refractivity contribution in [3.8, 4) is 11.5 Å². The van der Waals surface area contributed by atoms with E-state index in [2.05, 4.69) is 6.92 Å².